The molecule has 0 aliphatic rings. The van der Waals surface area contributed by atoms with Gasteiger partial charge in [-0.2, -0.15) is 0 Å². The number of hydrogen-bond acceptors (Lipinski definition) is 3. The Morgan fingerprint density at radius 2 is 2.10 bits per heavy atom. The summed E-state index contributed by atoms with van der Waals surface area (Å²) in [6.07, 6.45) is 0.924. The molecule has 0 spiro atoms. The molecule has 0 atom stereocenters. The lowest BCUT2D eigenvalue weighted by molar-refractivity contribution is -0.121. The molecule has 21 heavy (non-hydrogen) atoms. The molecule has 0 unspecified atom stereocenters. The third-order valence-corrected chi connectivity index (χ3v) is 3.41. The highest BCUT2D eigenvalue weighted by Gasteiger charge is 2.10. The van der Waals surface area contributed by atoms with Crippen LogP contribution in [-0.4, -0.2) is 49.8 Å². The maximum absolute atomic E-state index is 11.7. The monoisotopic (exact) mass is 309 g/mol. The fourth-order valence-electron chi connectivity index (χ4n) is 1.80. The molecule has 0 fully saturated rings. The van der Waals surface area contributed by atoms with Crippen molar-refractivity contribution in [2.45, 2.75) is 13.3 Å². The van der Waals surface area contributed by atoms with E-state index in [0.29, 0.717) is 18.3 Å². The SMILES string of the molecule is CCc1ccccc1NC(=S)N(C)CC(=O)NCCOC. The molecule has 0 bridgehead atoms. The Hall–Kier alpha value is -1.66. The van der Waals surface area contributed by atoms with Gasteiger partial charge in [-0.25, -0.2) is 0 Å². The van der Waals surface area contributed by atoms with E-state index in [-0.39, 0.29) is 12.5 Å². The lowest BCUT2D eigenvalue weighted by Crippen LogP contribution is -2.41. The van der Waals surface area contributed by atoms with E-state index in [2.05, 4.69) is 23.6 Å². The van der Waals surface area contributed by atoms with Crippen molar-refractivity contribution in [2.75, 3.05) is 39.2 Å². The van der Waals surface area contributed by atoms with E-state index >= 15 is 0 Å². The van der Waals surface area contributed by atoms with Crippen LogP contribution in [0.15, 0.2) is 24.3 Å². The molecule has 116 valence electrons. The van der Waals surface area contributed by atoms with E-state index in [9.17, 15) is 4.79 Å². The second kappa shape index (κ2) is 9.31. The summed E-state index contributed by atoms with van der Waals surface area (Å²) in [6, 6.07) is 8.00. The van der Waals surface area contributed by atoms with Crippen molar-refractivity contribution in [3.63, 3.8) is 0 Å². The van der Waals surface area contributed by atoms with E-state index < -0.39 is 0 Å². The largest absolute Gasteiger partial charge is 0.383 e. The molecular formula is C15H23N3O2S. The number of para-hydroxylation sites is 1. The van der Waals surface area contributed by atoms with Crippen LogP contribution in [0.2, 0.25) is 0 Å². The highest BCUT2D eigenvalue weighted by Crippen LogP contribution is 2.15. The first-order valence-electron chi connectivity index (χ1n) is 6.94. The molecule has 6 heteroatoms. The zero-order valence-corrected chi connectivity index (χ0v) is 13.6. The van der Waals surface area contributed by atoms with Gasteiger partial charge in [-0.05, 0) is 30.3 Å². The van der Waals surface area contributed by atoms with Crippen LogP contribution in [0, 0.1) is 0 Å². The summed E-state index contributed by atoms with van der Waals surface area (Å²) in [7, 11) is 3.39. The number of likely N-dealkylation sites (N-methyl/N-ethyl adjacent to an activating group) is 1. The van der Waals surface area contributed by atoms with E-state index in [0.717, 1.165) is 12.1 Å². The van der Waals surface area contributed by atoms with Crippen LogP contribution in [0.25, 0.3) is 0 Å². The Labute approximate surface area is 131 Å². The number of nitrogens with one attached hydrogen (secondary N) is 2. The highest BCUT2D eigenvalue weighted by molar-refractivity contribution is 7.80. The Morgan fingerprint density at radius 1 is 1.38 bits per heavy atom. The first-order chi connectivity index (χ1) is 10.1. The lowest BCUT2D eigenvalue weighted by atomic mass is 10.1. The van der Waals surface area contributed by atoms with E-state index in [1.165, 1.54) is 5.56 Å². The molecule has 1 aromatic carbocycles. The zero-order valence-electron chi connectivity index (χ0n) is 12.8. The Kier molecular flexibility index (Phi) is 7.71. The Bertz CT molecular complexity index is 480. The fraction of sp³-hybridized carbons (Fsp3) is 0.467. The average molecular weight is 309 g/mol. The molecule has 0 radical (unpaired) electrons. The summed E-state index contributed by atoms with van der Waals surface area (Å²) in [5.41, 5.74) is 2.18. The van der Waals surface area contributed by atoms with Crippen molar-refractivity contribution in [3.8, 4) is 0 Å². The van der Waals surface area contributed by atoms with Crippen molar-refractivity contribution < 1.29 is 9.53 Å². The first kappa shape index (κ1) is 17.4. The minimum absolute atomic E-state index is 0.0810. The number of aryl methyl sites for hydroxylation is 1. The number of anilines is 1. The molecule has 1 rings (SSSR count). The number of methoxy groups -OCH3 is 1. The minimum atomic E-state index is -0.0810. The molecule has 0 aliphatic carbocycles. The Balaban J connectivity index is 2.49. The molecule has 1 amide bonds. The molecule has 1 aromatic rings. The number of hydrogen-bond donors (Lipinski definition) is 2. The van der Waals surface area contributed by atoms with Crippen LogP contribution < -0.4 is 10.6 Å². The standard InChI is InChI=1S/C15H23N3O2S/c1-4-12-7-5-6-8-13(12)17-15(21)18(2)11-14(19)16-9-10-20-3/h5-8H,4,9-11H2,1-3H3,(H,16,19)(H,17,21). The molecule has 0 aliphatic heterocycles. The van der Waals surface area contributed by atoms with Gasteiger partial charge in [-0.1, -0.05) is 25.1 Å². The molecular weight excluding hydrogens is 286 g/mol. The van der Waals surface area contributed by atoms with Gasteiger partial charge in [0.1, 0.15) is 0 Å². The van der Waals surface area contributed by atoms with Gasteiger partial charge in [-0.3, -0.25) is 4.79 Å². The number of carbonyl (C=O) groups is 1. The predicted molar refractivity (Wildman–Crippen MR) is 89.6 cm³/mol. The quantitative estimate of drug-likeness (QED) is 0.592. The van der Waals surface area contributed by atoms with Crippen LogP contribution in [-0.2, 0) is 16.0 Å². The van der Waals surface area contributed by atoms with Gasteiger partial charge in [-0.15, -0.1) is 0 Å². The van der Waals surface area contributed by atoms with E-state index in [4.69, 9.17) is 17.0 Å². The van der Waals surface area contributed by atoms with Crippen molar-refractivity contribution in [1.29, 1.82) is 0 Å². The maximum atomic E-state index is 11.7. The zero-order chi connectivity index (χ0) is 15.7. The van der Waals surface area contributed by atoms with Crippen LogP contribution in [0.1, 0.15) is 12.5 Å². The number of carbonyl (C=O) groups excluding carboxylic acids is 1. The van der Waals surface area contributed by atoms with Crippen molar-refractivity contribution in [3.05, 3.63) is 29.8 Å². The first-order valence-corrected chi connectivity index (χ1v) is 7.35. The fourth-order valence-corrected chi connectivity index (χ4v) is 1.97. The second-order valence-electron chi connectivity index (χ2n) is 4.64. The van der Waals surface area contributed by atoms with Crippen molar-refractivity contribution >= 4 is 28.9 Å². The van der Waals surface area contributed by atoms with Crippen LogP contribution in [0.3, 0.4) is 0 Å². The van der Waals surface area contributed by atoms with Gasteiger partial charge in [0, 0.05) is 26.4 Å². The minimum Gasteiger partial charge on any atom is -0.383 e. The molecule has 0 saturated heterocycles. The smallest absolute Gasteiger partial charge is 0.239 e. The molecule has 0 saturated carbocycles. The Morgan fingerprint density at radius 3 is 2.76 bits per heavy atom. The summed E-state index contributed by atoms with van der Waals surface area (Å²) in [5, 5.41) is 6.48. The molecule has 0 aromatic heterocycles. The van der Waals surface area contributed by atoms with Gasteiger partial charge in [0.15, 0.2) is 5.11 Å². The molecule has 5 nitrogen and oxygen atoms in total. The number of ether oxygens (including phenoxy) is 1. The predicted octanol–water partition coefficient (Wildman–Crippen LogP) is 1.64. The summed E-state index contributed by atoms with van der Waals surface area (Å²) in [4.78, 5) is 13.4. The number of thiocarbonyl (C=S) groups is 1. The number of amides is 1. The van der Waals surface area contributed by atoms with Gasteiger partial charge in [0.05, 0.1) is 13.2 Å². The van der Waals surface area contributed by atoms with Crippen LogP contribution >= 0.6 is 12.2 Å². The second-order valence-corrected chi connectivity index (χ2v) is 5.03. The third kappa shape index (κ3) is 6.10. The lowest BCUT2D eigenvalue weighted by Gasteiger charge is -2.21. The van der Waals surface area contributed by atoms with Gasteiger partial charge < -0.3 is 20.3 Å². The number of nitrogens with zero attached hydrogens (tertiary/aromatic N) is 1. The molecule has 0 heterocycles. The number of benzene rings is 1. The van der Waals surface area contributed by atoms with E-state index in [1.807, 2.05) is 18.2 Å². The summed E-state index contributed by atoms with van der Waals surface area (Å²) in [6.45, 7) is 3.31. The van der Waals surface area contributed by atoms with Gasteiger partial charge >= 0.3 is 0 Å². The highest BCUT2D eigenvalue weighted by atomic mass is 32.1. The number of rotatable bonds is 7. The average Bonchev–Trinajstić information content (AvgIpc) is 2.48. The summed E-state index contributed by atoms with van der Waals surface area (Å²) >= 11 is 5.33. The normalized spacial score (nSPS) is 10.0. The van der Waals surface area contributed by atoms with Crippen LogP contribution in [0.4, 0.5) is 5.69 Å². The molecule has 2 N–H and O–H groups in total. The summed E-state index contributed by atoms with van der Waals surface area (Å²) < 4.78 is 4.88. The maximum Gasteiger partial charge on any atom is 0.239 e. The topological polar surface area (TPSA) is 53.6 Å². The third-order valence-electron chi connectivity index (χ3n) is 3.00. The van der Waals surface area contributed by atoms with Gasteiger partial charge in [0.2, 0.25) is 5.91 Å². The van der Waals surface area contributed by atoms with E-state index in [1.54, 1.807) is 19.1 Å². The van der Waals surface area contributed by atoms with Crippen molar-refractivity contribution in [1.82, 2.24) is 10.2 Å². The van der Waals surface area contributed by atoms with Crippen molar-refractivity contribution in [2.24, 2.45) is 0 Å². The van der Waals surface area contributed by atoms with Crippen LogP contribution in [0.5, 0.6) is 0 Å². The van der Waals surface area contributed by atoms with Gasteiger partial charge in [0.25, 0.3) is 0 Å². The summed E-state index contributed by atoms with van der Waals surface area (Å²) in [5.74, 6) is -0.0810.